The van der Waals surface area contributed by atoms with Crippen LogP contribution in [0.5, 0.6) is 5.75 Å². The maximum atomic E-state index is 5.65. The van der Waals surface area contributed by atoms with E-state index in [-0.39, 0.29) is 0 Å². The van der Waals surface area contributed by atoms with Crippen LogP contribution in [0.1, 0.15) is 24.7 Å². The van der Waals surface area contributed by atoms with Crippen LogP contribution in [0.25, 0.3) is 0 Å². The topological polar surface area (TPSA) is 57.4 Å². The van der Waals surface area contributed by atoms with E-state index in [0.29, 0.717) is 19.8 Å². The van der Waals surface area contributed by atoms with Crippen LogP contribution in [0.2, 0.25) is 0 Å². The van der Waals surface area contributed by atoms with Crippen molar-refractivity contribution in [3.8, 4) is 5.75 Å². The molecule has 2 N–H and O–H groups in total. The Morgan fingerprint density at radius 2 is 2.06 bits per heavy atom. The van der Waals surface area contributed by atoms with Crippen molar-refractivity contribution in [1.82, 2.24) is 4.98 Å². The predicted octanol–water partition coefficient (Wildman–Crippen LogP) is 1.70. The van der Waals surface area contributed by atoms with Gasteiger partial charge in [-0.05, 0) is 32.0 Å². The van der Waals surface area contributed by atoms with Gasteiger partial charge in [0.05, 0.1) is 12.3 Å². The Bertz CT molecular complexity index is 329. The highest BCUT2D eigenvalue weighted by Crippen LogP contribution is 2.17. The van der Waals surface area contributed by atoms with Gasteiger partial charge in [-0.15, -0.1) is 0 Å². The van der Waals surface area contributed by atoms with Crippen molar-refractivity contribution in [2.24, 2.45) is 5.73 Å². The van der Waals surface area contributed by atoms with Crippen LogP contribution in [-0.4, -0.2) is 31.3 Å². The Labute approximate surface area is 103 Å². The van der Waals surface area contributed by atoms with Crippen LogP contribution in [-0.2, 0) is 11.2 Å². The minimum atomic E-state index is 0.558. The Hall–Kier alpha value is -1.13. The molecule has 0 saturated carbocycles. The first-order chi connectivity index (χ1) is 8.27. The molecule has 0 radical (unpaired) electrons. The van der Waals surface area contributed by atoms with Gasteiger partial charge in [0.2, 0.25) is 0 Å². The molecule has 4 heteroatoms. The molecule has 0 unspecified atom stereocenters. The van der Waals surface area contributed by atoms with Crippen molar-refractivity contribution in [3.63, 3.8) is 0 Å². The molecular weight excluding hydrogens is 216 g/mol. The maximum Gasteiger partial charge on any atom is 0.140 e. The number of aromatic nitrogens is 1. The van der Waals surface area contributed by atoms with Crippen LogP contribution in [0.15, 0.2) is 12.1 Å². The van der Waals surface area contributed by atoms with E-state index in [1.165, 1.54) is 0 Å². The Morgan fingerprint density at radius 1 is 1.24 bits per heavy atom. The van der Waals surface area contributed by atoms with E-state index in [9.17, 15) is 0 Å². The second-order valence-corrected chi connectivity index (χ2v) is 3.90. The fraction of sp³-hybridized carbons (Fsp3) is 0.615. The van der Waals surface area contributed by atoms with Crippen LogP contribution < -0.4 is 10.5 Å². The molecule has 1 aromatic rings. The standard InChI is InChI=1S/C13H22N2O2/c1-3-8-16-9-10-17-13-5-4-11(2)15-12(13)6-7-14/h4-5H,3,6-10,14H2,1-2H3. The van der Waals surface area contributed by atoms with Crippen LogP contribution in [0.4, 0.5) is 0 Å². The molecule has 0 bridgehead atoms. The molecule has 0 fully saturated rings. The van der Waals surface area contributed by atoms with Crippen molar-refractivity contribution in [1.29, 1.82) is 0 Å². The molecule has 0 aliphatic rings. The molecule has 96 valence electrons. The number of hydrogen-bond donors (Lipinski definition) is 1. The molecule has 0 aliphatic carbocycles. The molecule has 0 saturated heterocycles. The van der Waals surface area contributed by atoms with E-state index in [1.807, 2.05) is 19.1 Å². The van der Waals surface area contributed by atoms with Crippen LogP contribution in [0, 0.1) is 6.92 Å². The normalized spacial score (nSPS) is 10.5. The first-order valence-corrected chi connectivity index (χ1v) is 6.15. The van der Waals surface area contributed by atoms with Crippen LogP contribution in [0.3, 0.4) is 0 Å². The van der Waals surface area contributed by atoms with Crippen molar-refractivity contribution in [2.45, 2.75) is 26.7 Å². The minimum absolute atomic E-state index is 0.558. The molecule has 0 atom stereocenters. The fourth-order valence-corrected chi connectivity index (χ4v) is 1.50. The Morgan fingerprint density at radius 3 is 2.76 bits per heavy atom. The van der Waals surface area contributed by atoms with Gasteiger partial charge in [-0.1, -0.05) is 6.92 Å². The Balaban J connectivity index is 2.45. The third kappa shape index (κ3) is 5.15. The highest BCUT2D eigenvalue weighted by molar-refractivity contribution is 5.29. The smallest absolute Gasteiger partial charge is 0.140 e. The summed E-state index contributed by atoms with van der Waals surface area (Å²) in [6, 6.07) is 3.90. The first kappa shape index (κ1) is 13.9. The Kier molecular flexibility index (Phi) is 6.58. The zero-order chi connectivity index (χ0) is 12.5. The molecule has 1 aromatic heterocycles. The quantitative estimate of drug-likeness (QED) is 0.700. The van der Waals surface area contributed by atoms with Gasteiger partial charge in [0, 0.05) is 18.7 Å². The number of aryl methyl sites for hydroxylation is 1. The first-order valence-electron chi connectivity index (χ1n) is 6.15. The highest BCUT2D eigenvalue weighted by Gasteiger charge is 2.04. The summed E-state index contributed by atoms with van der Waals surface area (Å²) in [6.07, 6.45) is 1.78. The summed E-state index contributed by atoms with van der Waals surface area (Å²) in [5, 5.41) is 0. The van der Waals surface area contributed by atoms with E-state index in [1.54, 1.807) is 0 Å². The highest BCUT2D eigenvalue weighted by atomic mass is 16.5. The summed E-state index contributed by atoms with van der Waals surface area (Å²) in [6.45, 7) is 6.59. The van der Waals surface area contributed by atoms with E-state index in [2.05, 4.69) is 11.9 Å². The lowest BCUT2D eigenvalue weighted by Crippen LogP contribution is -2.11. The van der Waals surface area contributed by atoms with Crippen molar-refractivity contribution < 1.29 is 9.47 Å². The van der Waals surface area contributed by atoms with Gasteiger partial charge in [-0.3, -0.25) is 4.98 Å². The summed E-state index contributed by atoms with van der Waals surface area (Å²) >= 11 is 0. The molecule has 17 heavy (non-hydrogen) atoms. The lowest BCUT2D eigenvalue weighted by Gasteiger charge is -2.11. The number of nitrogens with zero attached hydrogens (tertiary/aromatic N) is 1. The molecule has 0 amide bonds. The summed E-state index contributed by atoms with van der Waals surface area (Å²) in [5.41, 5.74) is 7.48. The number of hydrogen-bond acceptors (Lipinski definition) is 4. The molecular formula is C13H22N2O2. The van der Waals surface area contributed by atoms with Crippen LogP contribution >= 0.6 is 0 Å². The summed E-state index contributed by atoms with van der Waals surface area (Å²) in [5.74, 6) is 0.821. The SMILES string of the molecule is CCCOCCOc1ccc(C)nc1CCN. The van der Waals surface area contributed by atoms with Crippen molar-refractivity contribution >= 4 is 0 Å². The van der Waals surface area contributed by atoms with Gasteiger partial charge in [0.1, 0.15) is 12.4 Å². The molecule has 1 rings (SSSR count). The minimum Gasteiger partial charge on any atom is -0.489 e. The zero-order valence-electron chi connectivity index (χ0n) is 10.7. The molecule has 0 aliphatic heterocycles. The zero-order valence-corrected chi connectivity index (χ0v) is 10.7. The molecule has 4 nitrogen and oxygen atoms in total. The molecule has 0 spiro atoms. The second-order valence-electron chi connectivity index (χ2n) is 3.90. The van der Waals surface area contributed by atoms with Gasteiger partial charge in [0.15, 0.2) is 0 Å². The summed E-state index contributed by atoms with van der Waals surface area (Å²) in [4.78, 5) is 4.43. The maximum absolute atomic E-state index is 5.65. The number of ether oxygens (including phenoxy) is 2. The van der Waals surface area contributed by atoms with E-state index < -0.39 is 0 Å². The summed E-state index contributed by atoms with van der Waals surface area (Å²) < 4.78 is 11.0. The van der Waals surface area contributed by atoms with Gasteiger partial charge in [0.25, 0.3) is 0 Å². The largest absolute Gasteiger partial charge is 0.489 e. The molecule has 0 aromatic carbocycles. The average molecular weight is 238 g/mol. The van der Waals surface area contributed by atoms with Gasteiger partial charge >= 0.3 is 0 Å². The molecule has 1 heterocycles. The fourth-order valence-electron chi connectivity index (χ4n) is 1.50. The average Bonchev–Trinajstić information content (AvgIpc) is 2.32. The lowest BCUT2D eigenvalue weighted by molar-refractivity contribution is 0.100. The lowest BCUT2D eigenvalue weighted by atomic mass is 10.2. The monoisotopic (exact) mass is 238 g/mol. The van der Waals surface area contributed by atoms with E-state index in [0.717, 1.165) is 36.6 Å². The van der Waals surface area contributed by atoms with E-state index in [4.69, 9.17) is 15.2 Å². The van der Waals surface area contributed by atoms with Gasteiger partial charge < -0.3 is 15.2 Å². The number of nitrogens with two attached hydrogens (primary N) is 1. The second kappa shape index (κ2) is 8.03. The summed E-state index contributed by atoms with van der Waals surface area (Å²) in [7, 11) is 0. The van der Waals surface area contributed by atoms with E-state index >= 15 is 0 Å². The number of rotatable bonds is 8. The predicted molar refractivity (Wildman–Crippen MR) is 68.3 cm³/mol. The third-order valence-corrected chi connectivity index (χ3v) is 2.29. The van der Waals surface area contributed by atoms with Crippen molar-refractivity contribution in [2.75, 3.05) is 26.4 Å². The van der Waals surface area contributed by atoms with Gasteiger partial charge in [-0.25, -0.2) is 0 Å². The number of pyridine rings is 1. The van der Waals surface area contributed by atoms with Crippen molar-refractivity contribution in [3.05, 3.63) is 23.5 Å². The van der Waals surface area contributed by atoms with Gasteiger partial charge in [-0.2, -0.15) is 0 Å². The third-order valence-electron chi connectivity index (χ3n) is 2.29.